The van der Waals surface area contributed by atoms with Gasteiger partial charge >= 0.3 is 0 Å². The van der Waals surface area contributed by atoms with Gasteiger partial charge in [-0.3, -0.25) is 0 Å². The predicted molar refractivity (Wildman–Crippen MR) is 81.0 cm³/mol. The van der Waals surface area contributed by atoms with Crippen molar-refractivity contribution in [1.82, 2.24) is 9.97 Å². The van der Waals surface area contributed by atoms with E-state index >= 15 is 0 Å². The van der Waals surface area contributed by atoms with E-state index in [1.807, 2.05) is 6.20 Å². The van der Waals surface area contributed by atoms with Crippen molar-refractivity contribution in [3.63, 3.8) is 0 Å². The summed E-state index contributed by atoms with van der Waals surface area (Å²) in [6.45, 7) is 11.1. The number of nitrogens with zero attached hydrogens (tertiary/aromatic N) is 2. The molecule has 2 nitrogen and oxygen atoms in total. The Morgan fingerprint density at radius 2 is 2.00 bits per heavy atom. The normalized spacial score (nSPS) is 19.3. The van der Waals surface area contributed by atoms with Crippen molar-refractivity contribution in [1.29, 1.82) is 0 Å². The van der Waals surface area contributed by atoms with Gasteiger partial charge in [0.1, 0.15) is 5.82 Å². The van der Waals surface area contributed by atoms with Crippen molar-refractivity contribution in [3.8, 4) is 0 Å². The molecule has 0 spiro atoms. The summed E-state index contributed by atoms with van der Waals surface area (Å²) in [5.41, 5.74) is 3.84. The van der Waals surface area contributed by atoms with Crippen molar-refractivity contribution in [2.75, 3.05) is 0 Å². The molecule has 2 heteroatoms. The molecular weight excluding hydrogens is 232 g/mol. The average molecular weight is 258 g/mol. The minimum Gasteiger partial charge on any atom is -0.241 e. The first kappa shape index (κ1) is 14.2. The molecule has 1 unspecified atom stereocenters. The summed E-state index contributed by atoms with van der Waals surface area (Å²) in [5.74, 6) is 2.81. The molecule has 1 aromatic heterocycles. The van der Waals surface area contributed by atoms with E-state index in [1.54, 1.807) is 0 Å². The zero-order chi connectivity index (χ0) is 14.0. The number of hydrogen-bond donors (Lipinski definition) is 0. The quantitative estimate of drug-likeness (QED) is 0.791. The maximum absolute atomic E-state index is 4.79. The number of hydrogen-bond acceptors (Lipinski definition) is 2. The highest BCUT2D eigenvalue weighted by molar-refractivity contribution is 5.64. The Morgan fingerprint density at radius 3 is 2.63 bits per heavy atom. The Kier molecular flexibility index (Phi) is 4.38. The van der Waals surface area contributed by atoms with Gasteiger partial charge < -0.3 is 0 Å². The van der Waals surface area contributed by atoms with Gasteiger partial charge in [-0.2, -0.15) is 0 Å². The third-order valence-corrected chi connectivity index (χ3v) is 3.82. The zero-order valence-electron chi connectivity index (χ0n) is 12.9. The second-order valence-corrected chi connectivity index (χ2v) is 6.53. The molecule has 19 heavy (non-hydrogen) atoms. The zero-order valence-corrected chi connectivity index (χ0v) is 12.9. The average Bonchev–Trinajstić information content (AvgIpc) is 2.48. The summed E-state index contributed by atoms with van der Waals surface area (Å²) in [7, 11) is 0. The van der Waals surface area contributed by atoms with Crippen molar-refractivity contribution in [2.24, 2.45) is 11.8 Å². The number of fused-ring (bicyclic) bond motifs is 1. The van der Waals surface area contributed by atoms with Crippen molar-refractivity contribution in [2.45, 2.75) is 59.8 Å². The topological polar surface area (TPSA) is 25.8 Å². The van der Waals surface area contributed by atoms with E-state index in [-0.39, 0.29) is 0 Å². The first-order valence-electron chi connectivity index (χ1n) is 7.52. The molecule has 1 atom stereocenters. The summed E-state index contributed by atoms with van der Waals surface area (Å²) >= 11 is 0. The highest BCUT2D eigenvalue weighted by atomic mass is 14.9. The summed E-state index contributed by atoms with van der Waals surface area (Å²) in [6, 6.07) is 0. The monoisotopic (exact) mass is 258 g/mol. The molecular formula is C17H26N2. The molecule has 1 aliphatic rings. The van der Waals surface area contributed by atoms with Gasteiger partial charge in [-0.15, -0.1) is 0 Å². The molecule has 0 amide bonds. The molecule has 0 N–H and O–H groups in total. The lowest BCUT2D eigenvalue weighted by molar-refractivity contribution is 0.454. The van der Waals surface area contributed by atoms with E-state index in [0.29, 0.717) is 11.8 Å². The van der Waals surface area contributed by atoms with E-state index in [0.717, 1.165) is 18.2 Å². The molecule has 0 radical (unpaired) electrons. The van der Waals surface area contributed by atoms with Crippen LogP contribution in [0.1, 0.15) is 70.5 Å². The van der Waals surface area contributed by atoms with E-state index < -0.39 is 0 Å². The Morgan fingerprint density at radius 1 is 1.26 bits per heavy atom. The minimum atomic E-state index is 0.396. The molecule has 1 aliphatic carbocycles. The van der Waals surface area contributed by atoms with Crippen LogP contribution in [0.4, 0.5) is 0 Å². The van der Waals surface area contributed by atoms with Crippen molar-refractivity contribution < 1.29 is 0 Å². The van der Waals surface area contributed by atoms with Crippen LogP contribution in [0.3, 0.4) is 0 Å². The van der Waals surface area contributed by atoms with Gasteiger partial charge in [0.05, 0.1) is 5.69 Å². The number of allylic oxidation sites excluding steroid dienone is 2. The minimum absolute atomic E-state index is 0.396. The second kappa shape index (κ2) is 5.85. The van der Waals surface area contributed by atoms with Crippen LogP contribution in [0.5, 0.6) is 0 Å². The van der Waals surface area contributed by atoms with Crippen LogP contribution in [0, 0.1) is 11.8 Å². The lowest BCUT2D eigenvalue weighted by Crippen LogP contribution is -2.04. The molecule has 1 aromatic rings. The molecule has 1 heterocycles. The second-order valence-electron chi connectivity index (χ2n) is 6.53. The summed E-state index contributed by atoms with van der Waals surface area (Å²) < 4.78 is 0. The van der Waals surface area contributed by atoms with Crippen molar-refractivity contribution in [3.05, 3.63) is 29.4 Å². The fourth-order valence-electron chi connectivity index (χ4n) is 2.87. The molecule has 2 rings (SSSR count). The fourth-order valence-corrected chi connectivity index (χ4v) is 2.87. The van der Waals surface area contributed by atoms with Crippen LogP contribution in [0.2, 0.25) is 0 Å². The number of aromatic nitrogens is 2. The SMILES string of the molecule is CC1=CC(CC(C)C)CCc2cnc(C(C)C)nc21. The third-order valence-electron chi connectivity index (χ3n) is 3.82. The van der Waals surface area contributed by atoms with Crippen LogP contribution >= 0.6 is 0 Å². The van der Waals surface area contributed by atoms with E-state index in [2.05, 4.69) is 45.7 Å². The maximum atomic E-state index is 4.79. The molecule has 0 bridgehead atoms. The Labute approximate surface area is 117 Å². The van der Waals surface area contributed by atoms with Crippen LogP contribution in [-0.2, 0) is 6.42 Å². The van der Waals surface area contributed by atoms with Crippen LogP contribution in [0.25, 0.3) is 5.57 Å². The Hall–Kier alpha value is -1.18. The number of rotatable bonds is 3. The van der Waals surface area contributed by atoms with Crippen molar-refractivity contribution >= 4 is 5.57 Å². The largest absolute Gasteiger partial charge is 0.241 e. The highest BCUT2D eigenvalue weighted by Gasteiger charge is 2.18. The molecule has 0 saturated heterocycles. The first-order valence-corrected chi connectivity index (χ1v) is 7.52. The van der Waals surface area contributed by atoms with Gasteiger partial charge in [0.25, 0.3) is 0 Å². The lowest BCUT2D eigenvalue weighted by atomic mass is 9.92. The summed E-state index contributed by atoms with van der Waals surface area (Å²) in [4.78, 5) is 9.30. The van der Waals surface area contributed by atoms with Gasteiger partial charge in [0.2, 0.25) is 0 Å². The molecule has 0 fully saturated rings. The fraction of sp³-hybridized carbons (Fsp3) is 0.647. The van der Waals surface area contributed by atoms with Crippen LogP contribution < -0.4 is 0 Å². The van der Waals surface area contributed by atoms with Gasteiger partial charge in [0.15, 0.2) is 0 Å². The summed E-state index contributed by atoms with van der Waals surface area (Å²) in [6.07, 6.45) is 8.09. The summed E-state index contributed by atoms with van der Waals surface area (Å²) in [5, 5.41) is 0. The number of aryl methyl sites for hydroxylation is 1. The Balaban J connectivity index is 2.31. The third kappa shape index (κ3) is 3.43. The molecule has 0 aliphatic heterocycles. The standard InChI is InChI=1S/C17H26N2/c1-11(2)8-14-6-7-15-10-18-17(12(3)4)19-16(15)13(5)9-14/h9-12,14H,6-8H2,1-5H3. The Bertz CT molecular complexity index is 472. The first-order chi connectivity index (χ1) is 8.97. The van der Waals surface area contributed by atoms with E-state index in [9.17, 15) is 0 Å². The van der Waals surface area contributed by atoms with E-state index in [1.165, 1.54) is 29.7 Å². The van der Waals surface area contributed by atoms with Gasteiger partial charge in [-0.25, -0.2) is 9.97 Å². The van der Waals surface area contributed by atoms with E-state index in [4.69, 9.17) is 4.98 Å². The van der Waals surface area contributed by atoms with Gasteiger partial charge in [-0.05, 0) is 49.2 Å². The predicted octanol–water partition coefficient (Wildman–Crippen LogP) is 4.61. The smallest absolute Gasteiger partial charge is 0.131 e. The van der Waals surface area contributed by atoms with Gasteiger partial charge in [-0.1, -0.05) is 33.8 Å². The molecule has 0 aromatic carbocycles. The molecule has 0 saturated carbocycles. The molecule has 104 valence electrons. The lowest BCUT2D eigenvalue weighted by Gasteiger charge is -2.13. The van der Waals surface area contributed by atoms with Crippen LogP contribution in [-0.4, -0.2) is 9.97 Å². The highest BCUT2D eigenvalue weighted by Crippen LogP contribution is 2.30. The van der Waals surface area contributed by atoms with Crippen LogP contribution in [0.15, 0.2) is 12.3 Å². The maximum Gasteiger partial charge on any atom is 0.131 e. The van der Waals surface area contributed by atoms with Gasteiger partial charge in [0, 0.05) is 12.1 Å².